The van der Waals surface area contributed by atoms with Gasteiger partial charge in [-0.25, -0.2) is 0 Å². The Kier molecular flexibility index (Phi) is 8.49. The van der Waals surface area contributed by atoms with Crippen molar-refractivity contribution in [3.8, 4) is 39.8 Å². The molecule has 4 heterocycles. The Bertz CT molecular complexity index is 3980. The number of aryl methyl sites for hydroxylation is 6. The lowest BCUT2D eigenvalue weighted by atomic mass is 9.88. The fourth-order valence-corrected chi connectivity index (χ4v) is 8.73. The largest absolute Gasteiger partial charge is 0.455 e. The summed E-state index contributed by atoms with van der Waals surface area (Å²) in [6, 6.07) is 33.0. The van der Waals surface area contributed by atoms with Gasteiger partial charge >= 0.3 is 0 Å². The van der Waals surface area contributed by atoms with Crippen LogP contribution in [-0.2, 0) is 38.2 Å². The SMILES string of the molecule is [2H]c1cc2c(oc3c(-c4cc(C5([2H])CCCC5)c(C([2H])([2H])C([2H])([2H])c5cc(C([2H])([2H])C([2H])([2H])c6cnc(-c7ccccc7)cc6C([2H])(C)C)cc(C([2H])([2H])C([2H])([2H])c6cnc(-c7ccccc7)cc6C([2H])(C)C)c5)cn4)cccc32)c([2H])c1C#N. The number of hydrogen-bond donors (Lipinski definition) is 0. The molecule has 0 radical (unpaired) electrons. The van der Waals surface area contributed by atoms with E-state index < -0.39 is 72.6 Å². The van der Waals surface area contributed by atoms with Gasteiger partial charge in [0.05, 0.1) is 31.5 Å². The second kappa shape index (κ2) is 20.0. The number of para-hydroxylation sites is 1. The van der Waals surface area contributed by atoms with Crippen LogP contribution < -0.4 is 0 Å². The van der Waals surface area contributed by atoms with E-state index >= 15 is 0 Å². The zero-order chi connectivity index (χ0) is 61.8. The third kappa shape index (κ3) is 9.65. The molecule has 0 bridgehead atoms. The van der Waals surface area contributed by atoms with E-state index in [9.17, 15) is 25.8 Å². The molecule has 0 saturated heterocycles. The summed E-state index contributed by atoms with van der Waals surface area (Å²) in [4.78, 5) is 13.7. The van der Waals surface area contributed by atoms with Crippen LogP contribution in [0.25, 0.3) is 55.7 Å². The number of rotatable bonds is 15. The molecule has 5 nitrogen and oxygen atoms in total. The minimum Gasteiger partial charge on any atom is -0.455 e. The summed E-state index contributed by atoms with van der Waals surface area (Å²) in [5.41, 5.74) is -0.403. The number of benzene rings is 5. The van der Waals surface area contributed by atoms with Crippen LogP contribution >= 0.6 is 0 Å². The molecule has 68 heavy (non-hydrogen) atoms. The summed E-state index contributed by atoms with van der Waals surface area (Å²) in [5.74, 6) is -4.65. The maximum atomic E-state index is 10.0. The lowest BCUT2D eigenvalue weighted by Crippen LogP contribution is -2.06. The molecule has 5 aromatic carbocycles. The molecule has 9 aromatic rings. The second-order valence-electron chi connectivity index (χ2n) is 17.4. The Morgan fingerprint density at radius 3 is 1.71 bits per heavy atom. The van der Waals surface area contributed by atoms with Crippen molar-refractivity contribution in [2.75, 3.05) is 0 Å². The zero-order valence-electron chi connectivity index (χ0n) is 55.3. The first-order valence-electron chi connectivity index (χ1n) is 31.3. The van der Waals surface area contributed by atoms with Crippen molar-refractivity contribution in [3.63, 3.8) is 0 Å². The quantitative estimate of drug-likeness (QED) is 0.102. The first-order valence-corrected chi connectivity index (χ1v) is 22.8. The number of aromatic nitrogens is 3. The predicted octanol–water partition coefficient (Wildman–Crippen LogP) is 15.9. The van der Waals surface area contributed by atoms with Crippen molar-refractivity contribution in [1.82, 2.24) is 15.0 Å². The van der Waals surface area contributed by atoms with Gasteiger partial charge in [-0.05, 0) is 161 Å². The highest BCUT2D eigenvalue weighted by Gasteiger charge is 2.23. The standard InChI is InChI=1S/C63H60N4O/c1-41(2)56-34-59(48-16-7-5-8-17-48)65-38-50(56)26-22-43-30-44(23-27-51-39-66-60(35-57(51)42(3)4)49-18-9-6-10-19-49)32-45(31-43)24-28-52-40-67-61(36-58(52)47-14-11-12-15-47)55-21-13-20-54-53-29-25-46(37-64)33-62(53)68-63(54)55/h5-10,13,16-21,25,29-36,38-42,47H,11-12,14-15,22-24,26-28H2,1-4H3/i22D2,23D2,24D2,25D,26D2,27D2,28D2,33D,41D,42D,47D. The van der Waals surface area contributed by atoms with Crippen LogP contribution in [-0.4, -0.2) is 15.0 Å². The van der Waals surface area contributed by atoms with Gasteiger partial charge in [0, 0.05) is 66.6 Å². The Morgan fingerprint density at radius 2 is 1.16 bits per heavy atom. The Labute approximate surface area is 425 Å². The van der Waals surface area contributed by atoms with Crippen molar-refractivity contribution in [3.05, 3.63) is 208 Å². The van der Waals surface area contributed by atoms with Crippen molar-refractivity contribution in [1.29, 1.82) is 5.26 Å². The van der Waals surface area contributed by atoms with Crippen LogP contribution in [0.5, 0.6) is 0 Å². The molecule has 1 fully saturated rings. The van der Waals surface area contributed by atoms with E-state index in [2.05, 4.69) is 15.0 Å². The molecule has 4 aromatic heterocycles. The molecular weight excluding hydrogens is 829 g/mol. The van der Waals surface area contributed by atoms with Crippen molar-refractivity contribution >= 4 is 21.9 Å². The number of furan rings is 1. The fourth-order valence-electron chi connectivity index (χ4n) is 8.73. The molecule has 10 rings (SSSR count). The zero-order valence-corrected chi connectivity index (χ0v) is 38.3. The van der Waals surface area contributed by atoms with E-state index in [1.807, 2.05) is 6.07 Å². The molecule has 0 spiro atoms. The van der Waals surface area contributed by atoms with Crippen molar-refractivity contribution in [2.24, 2.45) is 0 Å². The fraction of sp³-hybridized carbons (Fsp3) is 0.270. The van der Waals surface area contributed by atoms with Crippen LogP contribution in [0.4, 0.5) is 0 Å². The molecule has 0 atom stereocenters. The number of hydrogen-bond acceptors (Lipinski definition) is 5. The number of fused-ring (bicyclic) bond motifs is 3. The van der Waals surface area contributed by atoms with Gasteiger partial charge in [0.25, 0.3) is 0 Å². The lowest BCUT2D eigenvalue weighted by molar-refractivity contribution is 0.669. The molecule has 0 unspecified atom stereocenters. The summed E-state index contributed by atoms with van der Waals surface area (Å²) in [5, 5.41) is 10.6. The van der Waals surface area contributed by atoms with Gasteiger partial charge in [0.2, 0.25) is 0 Å². The van der Waals surface area contributed by atoms with Crippen LogP contribution in [0.1, 0.15) is 150 Å². The van der Waals surface area contributed by atoms with Crippen LogP contribution in [0.3, 0.4) is 0 Å². The topological polar surface area (TPSA) is 75.6 Å². The van der Waals surface area contributed by atoms with Crippen LogP contribution in [0, 0.1) is 11.3 Å². The van der Waals surface area contributed by atoms with Gasteiger partial charge in [-0.2, -0.15) is 5.26 Å². The molecule has 0 amide bonds. The predicted molar refractivity (Wildman–Crippen MR) is 279 cm³/mol. The summed E-state index contributed by atoms with van der Waals surface area (Å²) in [7, 11) is 0. The highest BCUT2D eigenvalue weighted by molar-refractivity contribution is 6.09. The average molecular weight is 906 g/mol. The molecule has 1 aliphatic carbocycles. The summed E-state index contributed by atoms with van der Waals surface area (Å²) >= 11 is 0. The maximum absolute atomic E-state index is 10.0. The molecule has 0 aliphatic heterocycles. The molecule has 338 valence electrons. The Hall–Kier alpha value is -7.16. The monoisotopic (exact) mass is 906 g/mol. The first-order chi connectivity index (χ1) is 39.6. The third-order valence-electron chi connectivity index (χ3n) is 12.2. The van der Waals surface area contributed by atoms with Gasteiger partial charge < -0.3 is 4.42 Å². The average Bonchev–Trinajstić information content (AvgIpc) is 2.06. The lowest BCUT2D eigenvalue weighted by Gasteiger charge is -2.18. The normalized spacial score (nSPS) is 18.7. The van der Waals surface area contributed by atoms with Crippen molar-refractivity contribution < 1.29 is 27.7 Å². The van der Waals surface area contributed by atoms with Gasteiger partial charge in [0.1, 0.15) is 11.2 Å². The minimum absolute atomic E-state index is 0.0504. The summed E-state index contributed by atoms with van der Waals surface area (Å²) in [6.07, 6.45) is -14.5. The van der Waals surface area contributed by atoms with Gasteiger partial charge in [-0.15, -0.1) is 0 Å². The highest BCUT2D eigenvalue weighted by atomic mass is 16.3. The molecule has 0 N–H and O–H groups in total. The maximum Gasteiger partial charge on any atom is 0.144 e. The second-order valence-corrected chi connectivity index (χ2v) is 17.4. The smallest absolute Gasteiger partial charge is 0.144 e. The van der Waals surface area contributed by atoms with E-state index in [-0.39, 0.29) is 80.7 Å². The molecule has 1 aliphatic rings. The van der Waals surface area contributed by atoms with E-state index in [4.69, 9.17) is 7.16 Å². The number of nitrogens with zero attached hydrogens (tertiary/aromatic N) is 4. The molecule has 1 saturated carbocycles. The Balaban J connectivity index is 1.17. The number of nitriles is 1. The highest BCUT2D eigenvalue weighted by Crippen LogP contribution is 2.40. The molecular formula is C63H60N4O. The van der Waals surface area contributed by atoms with E-state index in [1.54, 1.807) is 78.9 Å². The molecule has 5 heteroatoms. The van der Waals surface area contributed by atoms with E-state index in [0.29, 0.717) is 51.7 Å². The minimum atomic E-state index is -3.35. The van der Waals surface area contributed by atoms with Crippen LogP contribution in [0.15, 0.2) is 156 Å². The van der Waals surface area contributed by atoms with E-state index in [1.165, 1.54) is 52.0 Å². The summed E-state index contributed by atoms with van der Waals surface area (Å²) < 4.78 is 170. The first kappa shape index (κ1) is 28.9. The van der Waals surface area contributed by atoms with Crippen LogP contribution in [0.2, 0.25) is 0 Å². The van der Waals surface area contributed by atoms with Gasteiger partial charge in [0.15, 0.2) is 0 Å². The number of pyridine rings is 3. The van der Waals surface area contributed by atoms with Gasteiger partial charge in [-0.3, -0.25) is 15.0 Å². The summed E-state index contributed by atoms with van der Waals surface area (Å²) in [6.45, 7) is 6.01. The van der Waals surface area contributed by atoms with Gasteiger partial charge in [-0.1, -0.05) is 132 Å². The van der Waals surface area contributed by atoms with Crippen molar-refractivity contribution in [2.45, 2.75) is 109 Å². The van der Waals surface area contributed by atoms with E-state index in [0.717, 1.165) is 36.8 Å². The Morgan fingerprint density at radius 1 is 0.632 bits per heavy atom. The third-order valence-corrected chi connectivity index (χ3v) is 12.2.